The summed E-state index contributed by atoms with van der Waals surface area (Å²) in [6.07, 6.45) is 3.37. The summed E-state index contributed by atoms with van der Waals surface area (Å²) in [7, 11) is 0. The average Bonchev–Trinajstić information content (AvgIpc) is 3.01. The summed E-state index contributed by atoms with van der Waals surface area (Å²) in [6, 6.07) is 8.37. The van der Waals surface area contributed by atoms with Crippen LogP contribution in [-0.2, 0) is 4.79 Å². The fourth-order valence-electron chi connectivity index (χ4n) is 4.05. The van der Waals surface area contributed by atoms with Crippen LogP contribution in [0.5, 0.6) is 0 Å². The Morgan fingerprint density at radius 2 is 1.93 bits per heavy atom. The lowest BCUT2D eigenvalue weighted by atomic mass is 9.73. The van der Waals surface area contributed by atoms with E-state index in [4.69, 9.17) is 0 Å². The molecule has 1 aromatic heterocycles. The maximum absolute atomic E-state index is 13.1. The summed E-state index contributed by atoms with van der Waals surface area (Å²) < 4.78 is 1.88. The lowest BCUT2D eigenvalue weighted by molar-refractivity contribution is -0.118. The number of benzene rings is 1. The molecule has 0 bridgehead atoms. The molecule has 0 radical (unpaired) electrons. The molecule has 2 aliphatic rings. The van der Waals surface area contributed by atoms with Gasteiger partial charge < -0.3 is 5.32 Å². The van der Waals surface area contributed by atoms with Gasteiger partial charge in [-0.05, 0) is 35.1 Å². The van der Waals surface area contributed by atoms with Crippen molar-refractivity contribution in [1.82, 2.24) is 14.8 Å². The number of aromatic nitrogens is 3. The van der Waals surface area contributed by atoms with Crippen molar-refractivity contribution in [1.29, 1.82) is 0 Å². The molecule has 27 heavy (non-hydrogen) atoms. The number of hydrogen-bond acceptors (Lipinski definition) is 5. The van der Waals surface area contributed by atoms with Gasteiger partial charge in [-0.2, -0.15) is 4.98 Å². The van der Waals surface area contributed by atoms with E-state index >= 15 is 0 Å². The van der Waals surface area contributed by atoms with Crippen molar-refractivity contribution in [3.8, 4) is 0 Å². The summed E-state index contributed by atoms with van der Waals surface area (Å²) in [5.74, 6) is 1.41. The quantitative estimate of drug-likeness (QED) is 0.774. The van der Waals surface area contributed by atoms with Crippen molar-refractivity contribution in [3.05, 3.63) is 46.7 Å². The Bertz CT molecular complexity index is 924. The molecule has 0 saturated heterocycles. The number of Topliss-reactive ketones (excluding diaryl/α,β-unsaturated/α-hetero) is 1. The second-order valence-electron chi connectivity index (χ2n) is 8.55. The molecule has 1 aliphatic carbocycles. The van der Waals surface area contributed by atoms with Crippen LogP contribution >= 0.6 is 11.8 Å². The van der Waals surface area contributed by atoms with Crippen LogP contribution in [0.4, 0.5) is 5.95 Å². The molecular weight excluding hydrogens is 356 g/mol. The normalized spacial score (nSPS) is 21.1. The van der Waals surface area contributed by atoms with Crippen molar-refractivity contribution < 1.29 is 4.79 Å². The summed E-state index contributed by atoms with van der Waals surface area (Å²) in [4.78, 5) is 17.7. The van der Waals surface area contributed by atoms with E-state index in [1.54, 1.807) is 0 Å². The van der Waals surface area contributed by atoms with E-state index in [2.05, 4.69) is 67.4 Å². The predicted molar refractivity (Wildman–Crippen MR) is 109 cm³/mol. The SMILES string of the molecule is CSc1nc2n(n1)C(c1ccc(C(C)C)cc1)C1=C(CC(C)(C)CC1=O)N2. The zero-order valence-corrected chi connectivity index (χ0v) is 17.4. The van der Waals surface area contributed by atoms with E-state index < -0.39 is 0 Å². The van der Waals surface area contributed by atoms with Gasteiger partial charge >= 0.3 is 0 Å². The predicted octanol–water partition coefficient (Wildman–Crippen LogP) is 4.78. The van der Waals surface area contributed by atoms with E-state index in [0.29, 0.717) is 17.5 Å². The van der Waals surface area contributed by atoms with E-state index in [9.17, 15) is 4.79 Å². The van der Waals surface area contributed by atoms with Crippen LogP contribution in [0.15, 0.2) is 40.7 Å². The number of carbonyl (C=O) groups is 1. The van der Waals surface area contributed by atoms with Crippen LogP contribution in [0.2, 0.25) is 0 Å². The van der Waals surface area contributed by atoms with Crippen LogP contribution in [0, 0.1) is 5.41 Å². The number of rotatable bonds is 3. The van der Waals surface area contributed by atoms with Gasteiger partial charge in [0.1, 0.15) is 6.04 Å². The Hall–Kier alpha value is -2.08. The minimum atomic E-state index is -0.213. The number of carbonyl (C=O) groups excluding carboxylic acids is 1. The minimum absolute atomic E-state index is 0.0422. The van der Waals surface area contributed by atoms with Gasteiger partial charge in [-0.15, -0.1) is 5.10 Å². The first-order valence-corrected chi connectivity index (χ1v) is 10.7. The van der Waals surface area contributed by atoms with Gasteiger partial charge in [0.25, 0.3) is 0 Å². The Labute approximate surface area is 164 Å². The van der Waals surface area contributed by atoms with Gasteiger partial charge in [0, 0.05) is 17.7 Å². The Morgan fingerprint density at radius 1 is 1.22 bits per heavy atom. The Balaban J connectivity index is 1.86. The van der Waals surface area contributed by atoms with Crippen molar-refractivity contribution in [2.45, 2.75) is 57.7 Å². The number of nitrogens with zero attached hydrogens (tertiary/aromatic N) is 3. The van der Waals surface area contributed by atoms with Crippen molar-refractivity contribution in [3.63, 3.8) is 0 Å². The largest absolute Gasteiger partial charge is 0.328 e. The lowest BCUT2D eigenvalue weighted by Gasteiger charge is -2.38. The molecule has 6 heteroatoms. The highest BCUT2D eigenvalue weighted by Crippen LogP contribution is 2.45. The highest BCUT2D eigenvalue weighted by atomic mass is 32.2. The summed E-state index contributed by atoms with van der Waals surface area (Å²) >= 11 is 1.51. The number of hydrogen-bond donors (Lipinski definition) is 1. The smallest absolute Gasteiger partial charge is 0.227 e. The third-order valence-corrected chi connectivity index (χ3v) is 5.95. The topological polar surface area (TPSA) is 59.8 Å². The summed E-state index contributed by atoms with van der Waals surface area (Å²) in [5, 5.41) is 8.79. The van der Waals surface area contributed by atoms with Crippen LogP contribution in [0.1, 0.15) is 63.6 Å². The third-order valence-electron chi connectivity index (χ3n) is 5.41. The number of anilines is 1. The molecule has 1 unspecified atom stereocenters. The van der Waals surface area contributed by atoms with Crippen LogP contribution in [-0.4, -0.2) is 26.8 Å². The fraction of sp³-hybridized carbons (Fsp3) is 0.476. The fourth-order valence-corrected chi connectivity index (χ4v) is 4.39. The molecule has 2 heterocycles. The molecule has 1 N–H and O–H groups in total. The van der Waals surface area contributed by atoms with E-state index in [0.717, 1.165) is 29.2 Å². The Kier molecular flexibility index (Phi) is 4.41. The zero-order chi connectivity index (χ0) is 19.3. The van der Waals surface area contributed by atoms with Gasteiger partial charge in [0.2, 0.25) is 11.1 Å². The summed E-state index contributed by atoms with van der Waals surface area (Å²) in [5.41, 5.74) is 4.18. The van der Waals surface area contributed by atoms with E-state index in [1.165, 1.54) is 17.3 Å². The van der Waals surface area contributed by atoms with Gasteiger partial charge in [-0.25, -0.2) is 4.68 Å². The first kappa shape index (κ1) is 18.3. The average molecular weight is 383 g/mol. The molecule has 0 spiro atoms. The molecule has 4 rings (SSSR count). The van der Waals surface area contributed by atoms with Gasteiger partial charge in [-0.3, -0.25) is 4.79 Å². The molecule has 0 saturated carbocycles. The second-order valence-corrected chi connectivity index (χ2v) is 9.32. The van der Waals surface area contributed by atoms with Crippen molar-refractivity contribution in [2.75, 3.05) is 11.6 Å². The number of allylic oxidation sites excluding steroid dienone is 2. The van der Waals surface area contributed by atoms with Crippen molar-refractivity contribution in [2.24, 2.45) is 5.41 Å². The number of thioether (sulfide) groups is 1. The summed E-state index contributed by atoms with van der Waals surface area (Å²) in [6.45, 7) is 8.67. The molecule has 2 aromatic rings. The van der Waals surface area contributed by atoms with Gasteiger partial charge in [0.05, 0.1) is 0 Å². The number of fused-ring (bicyclic) bond motifs is 1. The number of nitrogens with one attached hydrogen (secondary N) is 1. The number of ketones is 1. The molecular formula is C21H26N4OS. The van der Waals surface area contributed by atoms with Gasteiger partial charge in [0.15, 0.2) is 5.78 Å². The van der Waals surface area contributed by atoms with Crippen LogP contribution in [0.25, 0.3) is 0 Å². The first-order valence-electron chi connectivity index (χ1n) is 9.43. The second kappa shape index (κ2) is 6.51. The van der Waals surface area contributed by atoms with E-state index in [1.807, 2.05) is 10.9 Å². The monoisotopic (exact) mass is 382 g/mol. The molecule has 1 aromatic carbocycles. The minimum Gasteiger partial charge on any atom is -0.328 e. The highest BCUT2D eigenvalue weighted by Gasteiger charge is 2.41. The Morgan fingerprint density at radius 3 is 2.56 bits per heavy atom. The molecule has 1 atom stereocenters. The van der Waals surface area contributed by atoms with Gasteiger partial charge in [-0.1, -0.05) is 63.7 Å². The maximum atomic E-state index is 13.1. The molecule has 1 aliphatic heterocycles. The van der Waals surface area contributed by atoms with Crippen molar-refractivity contribution >= 4 is 23.5 Å². The zero-order valence-electron chi connectivity index (χ0n) is 16.5. The maximum Gasteiger partial charge on any atom is 0.227 e. The molecule has 0 fully saturated rings. The molecule has 0 amide bonds. The van der Waals surface area contributed by atoms with Crippen LogP contribution < -0.4 is 5.32 Å². The van der Waals surface area contributed by atoms with E-state index in [-0.39, 0.29) is 17.2 Å². The molecule has 5 nitrogen and oxygen atoms in total. The first-order chi connectivity index (χ1) is 12.8. The third kappa shape index (κ3) is 3.20. The van der Waals surface area contributed by atoms with Crippen LogP contribution in [0.3, 0.4) is 0 Å². The highest BCUT2D eigenvalue weighted by molar-refractivity contribution is 7.98. The lowest BCUT2D eigenvalue weighted by Crippen LogP contribution is -2.36. The standard InChI is InChI=1S/C21H26N4OS/c1-12(2)13-6-8-14(9-7-13)18-17-15(10-21(3,4)11-16(17)26)22-19-23-20(27-5)24-25(18)19/h6-9,12,18H,10-11H2,1-5H3,(H,22,23,24). The molecule has 142 valence electrons.